The van der Waals surface area contributed by atoms with Gasteiger partial charge in [-0.3, -0.25) is 4.79 Å². The minimum absolute atomic E-state index is 0. The topological polar surface area (TPSA) is 81.8 Å². The summed E-state index contributed by atoms with van der Waals surface area (Å²) >= 11 is 0. The number of benzene rings is 1. The van der Waals surface area contributed by atoms with Crippen molar-refractivity contribution in [2.45, 2.75) is 44.0 Å². The predicted octanol–water partition coefficient (Wildman–Crippen LogP) is 1.83. The second-order valence-corrected chi connectivity index (χ2v) is 9.06. The number of carbonyl (C=O) groups is 1. The predicted molar refractivity (Wildman–Crippen MR) is 114 cm³/mol. The molecule has 1 unspecified atom stereocenters. The van der Waals surface area contributed by atoms with E-state index in [1.165, 1.54) is 4.31 Å². The van der Waals surface area contributed by atoms with Crippen LogP contribution in [0.2, 0.25) is 0 Å². The molecule has 0 saturated carbocycles. The van der Waals surface area contributed by atoms with Gasteiger partial charge in [-0.1, -0.05) is 13.8 Å². The molecule has 2 fully saturated rings. The normalized spacial score (nSPS) is 19.7. The monoisotopic (exact) mass is 430 g/mol. The Morgan fingerprint density at radius 2 is 1.93 bits per heavy atom. The minimum Gasteiger partial charge on any atom is -0.371 e. The van der Waals surface area contributed by atoms with Gasteiger partial charge in [0.1, 0.15) is 0 Å². The molecule has 1 aromatic carbocycles. The summed E-state index contributed by atoms with van der Waals surface area (Å²) in [5, 5.41) is 6.30. The molecule has 158 valence electrons. The Morgan fingerprint density at radius 3 is 2.50 bits per heavy atom. The van der Waals surface area contributed by atoms with Crippen LogP contribution < -0.4 is 15.5 Å². The van der Waals surface area contributed by atoms with Crippen LogP contribution in [0.15, 0.2) is 23.1 Å². The highest BCUT2D eigenvalue weighted by Crippen LogP contribution is 2.28. The van der Waals surface area contributed by atoms with E-state index in [9.17, 15) is 13.2 Å². The highest BCUT2D eigenvalue weighted by atomic mass is 35.5. The molecular weight excluding hydrogens is 400 g/mol. The van der Waals surface area contributed by atoms with E-state index in [1.54, 1.807) is 18.2 Å². The van der Waals surface area contributed by atoms with E-state index < -0.39 is 10.0 Å². The first-order valence-corrected chi connectivity index (χ1v) is 11.3. The van der Waals surface area contributed by atoms with Gasteiger partial charge >= 0.3 is 0 Å². The third-order valence-corrected chi connectivity index (χ3v) is 7.44. The third kappa shape index (κ3) is 4.79. The number of hydrogen-bond donors (Lipinski definition) is 2. The molecule has 0 radical (unpaired) electrons. The lowest BCUT2D eigenvalue weighted by Gasteiger charge is -2.24. The van der Waals surface area contributed by atoms with E-state index in [0.29, 0.717) is 18.7 Å². The van der Waals surface area contributed by atoms with Crippen LogP contribution in [0, 0.1) is 0 Å². The van der Waals surface area contributed by atoms with E-state index in [0.717, 1.165) is 51.1 Å². The Balaban J connectivity index is 0.00000280. The maximum Gasteiger partial charge on any atom is 0.253 e. The third-order valence-electron chi connectivity index (χ3n) is 5.40. The average molecular weight is 431 g/mol. The molecule has 2 saturated heterocycles. The lowest BCUT2D eigenvalue weighted by atomic mass is 10.1. The summed E-state index contributed by atoms with van der Waals surface area (Å²) in [7, 11) is -3.60. The molecule has 1 aromatic rings. The van der Waals surface area contributed by atoms with Crippen LogP contribution >= 0.6 is 12.4 Å². The SMILES string of the molecule is CCN(CC)S(=O)(=O)c1ccc(N2CCCC2)c(C(=O)NC2CCNC2)c1.Cl. The van der Waals surface area contributed by atoms with Crippen molar-refractivity contribution in [2.24, 2.45) is 0 Å². The van der Waals surface area contributed by atoms with Crippen molar-refractivity contribution in [1.82, 2.24) is 14.9 Å². The van der Waals surface area contributed by atoms with Gasteiger partial charge in [-0.05, 0) is 44.0 Å². The number of amides is 1. The number of hydrogen-bond acceptors (Lipinski definition) is 5. The molecule has 2 aliphatic heterocycles. The fraction of sp³-hybridized carbons (Fsp3) is 0.632. The molecule has 1 atom stereocenters. The number of anilines is 1. The van der Waals surface area contributed by atoms with Crippen LogP contribution in [-0.2, 0) is 10.0 Å². The molecule has 28 heavy (non-hydrogen) atoms. The maximum absolute atomic E-state index is 13.0. The van der Waals surface area contributed by atoms with Crippen molar-refractivity contribution in [3.8, 4) is 0 Å². The van der Waals surface area contributed by atoms with Crippen molar-refractivity contribution < 1.29 is 13.2 Å². The van der Waals surface area contributed by atoms with Crippen molar-refractivity contribution in [1.29, 1.82) is 0 Å². The van der Waals surface area contributed by atoms with Crippen molar-refractivity contribution in [2.75, 3.05) is 44.2 Å². The lowest BCUT2D eigenvalue weighted by Crippen LogP contribution is -2.37. The number of nitrogens with one attached hydrogen (secondary N) is 2. The number of sulfonamides is 1. The summed E-state index contributed by atoms with van der Waals surface area (Å²) in [5.74, 6) is -0.192. The summed E-state index contributed by atoms with van der Waals surface area (Å²) in [6, 6.07) is 5.07. The van der Waals surface area contributed by atoms with Gasteiger partial charge in [0.25, 0.3) is 5.91 Å². The zero-order valence-electron chi connectivity index (χ0n) is 16.6. The van der Waals surface area contributed by atoms with Crippen LogP contribution in [-0.4, -0.2) is 63.9 Å². The average Bonchev–Trinajstić information content (AvgIpc) is 3.36. The van der Waals surface area contributed by atoms with Gasteiger partial charge in [0, 0.05) is 44.5 Å². The highest BCUT2D eigenvalue weighted by Gasteiger charge is 2.27. The minimum atomic E-state index is -3.60. The van der Waals surface area contributed by atoms with E-state index in [2.05, 4.69) is 15.5 Å². The Labute approximate surface area is 174 Å². The molecule has 1 amide bonds. The second kappa shape index (κ2) is 9.91. The van der Waals surface area contributed by atoms with Crippen LogP contribution in [0.25, 0.3) is 0 Å². The smallest absolute Gasteiger partial charge is 0.253 e. The van der Waals surface area contributed by atoms with Gasteiger partial charge in [-0.15, -0.1) is 12.4 Å². The molecule has 0 aromatic heterocycles. The van der Waals surface area contributed by atoms with Crippen LogP contribution in [0.3, 0.4) is 0 Å². The molecule has 0 bridgehead atoms. The molecule has 2 aliphatic rings. The first-order chi connectivity index (χ1) is 13.0. The molecule has 2 N–H and O–H groups in total. The number of nitrogens with zero attached hydrogens (tertiary/aromatic N) is 2. The Morgan fingerprint density at radius 1 is 1.25 bits per heavy atom. The lowest BCUT2D eigenvalue weighted by molar-refractivity contribution is 0.0940. The van der Waals surface area contributed by atoms with Gasteiger partial charge in [0.2, 0.25) is 10.0 Å². The van der Waals surface area contributed by atoms with E-state index >= 15 is 0 Å². The molecular formula is C19H31ClN4O3S. The fourth-order valence-corrected chi connectivity index (χ4v) is 5.33. The quantitative estimate of drug-likeness (QED) is 0.689. The van der Waals surface area contributed by atoms with Gasteiger partial charge in [0.05, 0.1) is 10.5 Å². The standard InChI is InChI=1S/C19H30N4O3S.ClH/c1-3-23(4-2)27(25,26)16-7-8-18(22-11-5-6-12-22)17(13-16)19(24)21-15-9-10-20-14-15;/h7-8,13,15,20H,3-6,9-12,14H2,1-2H3,(H,21,24);1H. The largest absolute Gasteiger partial charge is 0.371 e. The van der Waals surface area contributed by atoms with E-state index in [4.69, 9.17) is 0 Å². The molecule has 0 spiro atoms. The maximum atomic E-state index is 13.0. The van der Waals surface area contributed by atoms with Gasteiger partial charge in [0.15, 0.2) is 0 Å². The van der Waals surface area contributed by atoms with Gasteiger partial charge in [-0.2, -0.15) is 4.31 Å². The fourth-order valence-electron chi connectivity index (χ4n) is 3.84. The summed E-state index contributed by atoms with van der Waals surface area (Å²) in [6.45, 7) is 7.88. The molecule has 9 heteroatoms. The van der Waals surface area contributed by atoms with Crippen LogP contribution in [0.5, 0.6) is 0 Å². The Bertz CT molecular complexity index is 771. The zero-order chi connectivity index (χ0) is 19.4. The Kier molecular flexibility index (Phi) is 8.12. The van der Waals surface area contributed by atoms with E-state index in [1.807, 2.05) is 13.8 Å². The van der Waals surface area contributed by atoms with Gasteiger partial charge < -0.3 is 15.5 Å². The van der Waals surface area contributed by atoms with Crippen LogP contribution in [0.1, 0.15) is 43.5 Å². The second-order valence-electron chi connectivity index (χ2n) is 7.13. The first-order valence-electron chi connectivity index (χ1n) is 9.88. The molecule has 3 rings (SSSR count). The van der Waals surface area contributed by atoms with E-state index in [-0.39, 0.29) is 29.3 Å². The van der Waals surface area contributed by atoms with Crippen molar-refractivity contribution >= 4 is 34.0 Å². The Hall–Kier alpha value is -1.35. The molecule has 0 aliphatic carbocycles. The van der Waals surface area contributed by atoms with Crippen molar-refractivity contribution in [3.05, 3.63) is 23.8 Å². The number of carbonyl (C=O) groups excluding carboxylic acids is 1. The van der Waals surface area contributed by atoms with Crippen molar-refractivity contribution in [3.63, 3.8) is 0 Å². The zero-order valence-corrected chi connectivity index (χ0v) is 18.2. The molecule has 7 nitrogen and oxygen atoms in total. The highest BCUT2D eigenvalue weighted by molar-refractivity contribution is 7.89. The van der Waals surface area contributed by atoms with Gasteiger partial charge in [-0.25, -0.2) is 8.42 Å². The first kappa shape index (κ1) is 22.9. The summed E-state index contributed by atoms with van der Waals surface area (Å²) in [6.07, 6.45) is 3.07. The summed E-state index contributed by atoms with van der Waals surface area (Å²) in [4.78, 5) is 15.4. The number of rotatable bonds is 7. The summed E-state index contributed by atoms with van der Waals surface area (Å²) < 4.78 is 27.3. The summed E-state index contributed by atoms with van der Waals surface area (Å²) in [5.41, 5.74) is 1.28. The number of halogens is 1. The van der Waals surface area contributed by atoms with Crippen LogP contribution in [0.4, 0.5) is 5.69 Å². The molecule has 2 heterocycles.